The molecule has 1 aromatic rings. The van der Waals surface area contributed by atoms with Gasteiger partial charge in [-0.2, -0.15) is 8.78 Å². The molecule has 0 radical (unpaired) electrons. The fourth-order valence-electron chi connectivity index (χ4n) is 5.88. The predicted octanol–water partition coefficient (Wildman–Crippen LogP) is 5.48. The first kappa shape index (κ1) is 16.7. The molecule has 0 heterocycles. The van der Waals surface area contributed by atoms with E-state index in [0.717, 1.165) is 23.3 Å². The van der Waals surface area contributed by atoms with Gasteiger partial charge in [-0.1, -0.05) is 18.2 Å². The molecular formula is C21H24F2O2. The van der Waals surface area contributed by atoms with Gasteiger partial charge in [0.05, 0.1) is 0 Å². The Morgan fingerprint density at radius 2 is 1.64 bits per heavy atom. The highest BCUT2D eigenvalue weighted by Gasteiger charge is 2.51. The zero-order valence-electron chi connectivity index (χ0n) is 14.3. The molecule has 5 rings (SSSR count). The molecular weight excluding hydrogens is 322 g/mol. The first-order chi connectivity index (χ1) is 12.0. The fourth-order valence-corrected chi connectivity index (χ4v) is 5.88. The number of ether oxygens (including phenoxy) is 1. The summed E-state index contributed by atoms with van der Waals surface area (Å²) in [6, 6.07) is 6.36. The Morgan fingerprint density at radius 3 is 2.16 bits per heavy atom. The van der Waals surface area contributed by atoms with Gasteiger partial charge < -0.3 is 4.74 Å². The van der Waals surface area contributed by atoms with E-state index in [1.807, 2.05) is 0 Å². The molecule has 25 heavy (non-hydrogen) atoms. The van der Waals surface area contributed by atoms with Crippen molar-refractivity contribution in [1.82, 2.24) is 0 Å². The minimum Gasteiger partial charge on any atom is -0.435 e. The average molecular weight is 346 g/mol. The topological polar surface area (TPSA) is 26.3 Å². The Labute approximate surface area is 147 Å². The lowest BCUT2D eigenvalue weighted by Gasteiger charge is -2.56. The maximum absolute atomic E-state index is 12.5. The van der Waals surface area contributed by atoms with Crippen LogP contribution in [0.3, 0.4) is 0 Å². The molecule has 2 nitrogen and oxygen atoms in total. The normalized spacial score (nSPS) is 33.3. The lowest BCUT2D eigenvalue weighted by atomic mass is 9.48. The van der Waals surface area contributed by atoms with Crippen LogP contribution >= 0.6 is 0 Å². The van der Waals surface area contributed by atoms with Crippen molar-refractivity contribution >= 4 is 11.9 Å². The van der Waals surface area contributed by atoms with Crippen LogP contribution in [0.15, 0.2) is 30.3 Å². The fraction of sp³-hybridized carbons (Fsp3) is 0.571. The summed E-state index contributed by atoms with van der Waals surface area (Å²) in [6.07, 6.45) is 12.0. The third-order valence-corrected chi connectivity index (χ3v) is 6.28. The molecule has 0 saturated heterocycles. The number of ketones is 1. The Morgan fingerprint density at radius 1 is 1.08 bits per heavy atom. The van der Waals surface area contributed by atoms with Gasteiger partial charge in [0, 0.05) is 6.42 Å². The van der Waals surface area contributed by atoms with Crippen molar-refractivity contribution in [2.24, 2.45) is 23.2 Å². The van der Waals surface area contributed by atoms with E-state index in [-0.39, 0.29) is 16.9 Å². The minimum absolute atomic E-state index is 0.132. The van der Waals surface area contributed by atoms with E-state index in [0.29, 0.717) is 6.42 Å². The van der Waals surface area contributed by atoms with E-state index in [1.165, 1.54) is 50.7 Å². The van der Waals surface area contributed by atoms with Crippen molar-refractivity contribution in [3.63, 3.8) is 0 Å². The molecule has 4 aliphatic rings. The summed E-state index contributed by atoms with van der Waals surface area (Å²) in [5.41, 5.74) is 1.07. The van der Waals surface area contributed by atoms with Crippen molar-refractivity contribution in [2.45, 2.75) is 51.6 Å². The highest BCUT2D eigenvalue weighted by Crippen LogP contribution is 2.61. The van der Waals surface area contributed by atoms with Crippen molar-refractivity contribution in [2.75, 3.05) is 0 Å². The van der Waals surface area contributed by atoms with Crippen LogP contribution in [0.2, 0.25) is 0 Å². The Bertz CT molecular complexity index is 628. The van der Waals surface area contributed by atoms with Crippen molar-refractivity contribution < 1.29 is 18.3 Å². The van der Waals surface area contributed by atoms with E-state index in [9.17, 15) is 13.6 Å². The first-order valence-electron chi connectivity index (χ1n) is 9.25. The van der Waals surface area contributed by atoms with Gasteiger partial charge in [-0.25, -0.2) is 0 Å². The Kier molecular flexibility index (Phi) is 4.38. The van der Waals surface area contributed by atoms with Gasteiger partial charge in [-0.15, -0.1) is 0 Å². The number of carbonyl (C=O) groups excluding carboxylic acids is 1. The van der Waals surface area contributed by atoms with Gasteiger partial charge in [0.1, 0.15) is 5.75 Å². The minimum atomic E-state index is -2.82. The van der Waals surface area contributed by atoms with Gasteiger partial charge in [0.25, 0.3) is 0 Å². The third-order valence-electron chi connectivity index (χ3n) is 6.28. The van der Waals surface area contributed by atoms with Gasteiger partial charge in [-0.05, 0) is 85.5 Å². The monoisotopic (exact) mass is 346 g/mol. The summed E-state index contributed by atoms with van der Waals surface area (Å²) in [5, 5.41) is 0. The Balaban J connectivity index is 1.36. The molecule has 0 aromatic heterocycles. The smallest absolute Gasteiger partial charge is 0.387 e. The van der Waals surface area contributed by atoms with Crippen LogP contribution in [0.4, 0.5) is 8.78 Å². The summed E-state index contributed by atoms with van der Waals surface area (Å²) in [7, 11) is 0. The zero-order valence-corrected chi connectivity index (χ0v) is 14.3. The average Bonchev–Trinajstić information content (AvgIpc) is 2.52. The van der Waals surface area contributed by atoms with Crippen molar-refractivity contribution in [1.29, 1.82) is 0 Å². The molecule has 4 fully saturated rings. The van der Waals surface area contributed by atoms with E-state index in [4.69, 9.17) is 0 Å². The molecule has 4 aliphatic carbocycles. The van der Waals surface area contributed by atoms with Gasteiger partial charge >= 0.3 is 6.61 Å². The molecule has 0 amide bonds. The molecule has 0 atom stereocenters. The number of benzene rings is 1. The van der Waals surface area contributed by atoms with Crippen LogP contribution in [-0.2, 0) is 4.79 Å². The summed E-state index contributed by atoms with van der Waals surface area (Å²) >= 11 is 0. The maximum atomic E-state index is 12.5. The van der Waals surface area contributed by atoms with Crippen molar-refractivity contribution in [3.8, 4) is 5.75 Å². The van der Waals surface area contributed by atoms with Gasteiger partial charge in [0.2, 0.25) is 0 Å². The molecule has 4 bridgehead atoms. The molecule has 4 heteroatoms. The van der Waals surface area contributed by atoms with E-state index >= 15 is 0 Å². The number of hydrogen-bond acceptors (Lipinski definition) is 2. The van der Waals surface area contributed by atoms with E-state index in [2.05, 4.69) is 4.74 Å². The number of allylic oxidation sites excluding steroid dienone is 1. The zero-order chi connectivity index (χ0) is 17.4. The number of hydrogen-bond donors (Lipinski definition) is 0. The Hall–Kier alpha value is -1.71. The van der Waals surface area contributed by atoms with Gasteiger partial charge in [0.15, 0.2) is 5.78 Å². The summed E-state index contributed by atoms with van der Waals surface area (Å²) in [6.45, 7) is -2.82. The molecule has 0 aliphatic heterocycles. The maximum Gasteiger partial charge on any atom is 0.387 e. The highest BCUT2D eigenvalue weighted by atomic mass is 19.3. The standard InChI is InChI=1S/C21H24F2O2/c22-20(23)25-19-5-2-14(3-6-19)1-4-18(24)13-21-10-15-7-16(11-21)9-17(8-15)12-21/h1-6,15-17,20H,7-13H2/b4-1+. The third kappa shape index (κ3) is 3.78. The second-order valence-corrected chi connectivity index (χ2v) is 8.34. The van der Waals surface area contributed by atoms with Crippen molar-refractivity contribution in [3.05, 3.63) is 35.9 Å². The van der Waals surface area contributed by atoms with Crippen LogP contribution in [-0.4, -0.2) is 12.4 Å². The molecule has 0 N–H and O–H groups in total. The molecule has 0 unspecified atom stereocenters. The SMILES string of the molecule is O=C(/C=C/c1ccc(OC(F)F)cc1)CC12CC3CC(CC(C3)C1)C2. The highest BCUT2D eigenvalue weighted by molar-refractivity contribution is 5.94. The number of alkyl halides is 2. The largest absolute Gasteiger partial charge is 0.435 e. The van der Waals surface area contributed by atoms with Gasteiger partial charge in [-0.3, -0.25) is 4.79 Å². The number of carbonyl (C=O) groups is 1. The second kappa shape index (κ2) is 6.54. The molecule has 4 saturated carbocycles. The first-order valence-corrected chi connectivity index (χ1v) is 9.25. The summed E-state index contributed by atoms with van der Waals surface area (Å²) in [4.78, 5) is 12.5. The lowest BCUT2D eigenvalue weighted by molar-refractivity contribution is -0.122. The quantitative estimate of drug-likeness (QED) is 0.638. The van der Waals surface area contributed by atoms with Crippen LogP contribution in [0.5, 0.6) is 5.75 Å². The number of rotatable bonds is 6. The van der Waals surface area contributed by atoms with Crippen LogP contribution < -0.4 is 4.74 Å². The van der Waals surface area contributed by atoms with E-state index in [1.54, 1.807) is 24.3 Å². The van der Waals surface area contributed by atoms with E-state index < -0.39 is 6.61 Å². The lowest BCUT2D eigenvalue weighted by Crippen LogP contribution is -2.46. The van der Waals surface area contributed by atoms with Crippen LogP contribution in [0.1, 0.15) is 50.5 Å². The second-order valence-electron chi connectivity index (χ2n) is 8.34. The van der Waals surface area contributed by atoms with Crippen LogP contribution in [0.25, 0.3) is 6.08 Å². The summed E-state index contributed by atoms with van der Waals surface area (Å²) < 4.78 is 28.6. The summed E-state index contributed by atoms with van der Waals surface area (Å²) in [5.74, 6) is 2.88. The van der Waals surface area contributed by atoms with Crippen LogP contribution in [0, 0.1) is 23.2 Å². The number of halogens is 2. The molecule has 0 spiro atoms. The molecule has 134 valence electrons. The predicted molar refractivity (Wildman–Crippen MR) is 92.3 cm³/mol. The molecule has 1 aromatic carbocycles.